The van der Waals surface area contributed by atoms with Crippen LogP contribution in [-0.2, 0) is 20.5 Å². The Balaban J connectivity index is 1.85. The van der Waals surface area contributed by atoms with Crippen molar-refractivity contribution < 1.29 is 32.3 Å². The fourth-order valence-corrected chi connectivity index (χ4v) is 2.49. The van der Waals surface area contributed by atoms with Gasteiger partial charge in [-0.3, -0.25) is 14.4 Å². The zero-order valence-electron chi connectivity index (χ0n) is 16.0. The Morgan fingerprint density at radius 1 is 1.10 bits per heavy atom. The molecule has 6 nitrogen and oxygen atoms in total. The van der Waals surface area contributed by atoms with Crippen molar-refractivity contribution in [1.82, 2.24) is 5.32 Å². The van der Waals surface area contributed by atoms with E-state index in [0.29, 0.717) is 10.7 Å². The fourth-order valence-electron chi connectivity index (χ4n) is 2.32. The van der Waals surface area contributed by atoms with Crippen molar-refractivity contribution in [2.75, 3.05) is 11.9 Å². The molecular formula is C20H18ClF3N2O4. The lowest BCUT2D eigenvalue weighted by molar-refractivity contribution is -0.152. The number of alkyl halides is 3. The second-order valence-corrected chi connectivity index (χ2v) is 6.77. The maximum absolute atomic E-state index is 12.5. The third-order valence-corrected chi connectivity index (χ3v) is 4.24. The van der Waals surface area contributed by atoms with Gasteiger partial charge < -0.3 is 15.4 Å². The molecule has 10 heteroatoms. The van der Waals surface area contributed by atoms with Crippen LogP contribution in [0.25, 0.3) is 0 Å². The molecule has 1 atom stereocenters. The molecule has 1 unspecified atom stereocenters. The van der Waals surface area contributed by atoms with Crippen LogP contribution in [0.5, 0.6) is 0 Å². The molecule has 2 amide bonds. The van der Waals surface area contributed by atoms with Gasteiger partial charge in [-0.15, -0.1) is 0 Å². The summed E-state index contributed by atoms with van der Waals surface area (Å²) in [6.07, 6.45) is -5.67. The number of hydrogen-bond donors (Lipinski definition) is 2. The number of aryl methyl sites for hydroxylation is 1. The molecule has 0 radical (unpaired) electrons. The van der Waals surface area contributed by atoms with Crippen molar-refractivity contribution >= 4 is 35.1 Å². The Bertz CT molecular complexity index is 946. The smallest absolute Gasteiger partial charge is 0.416 e. The lowest BCUT2D eigenvalue weighted by Crippen LogP contribution is -2.36. The summed E-state index contributed by atoms with van der Waals surface area (Å²) in [5, 5.41) is 5.23. The zero-order valence-corrected chi connectivity index (χ0v) is 16.7. The maximum atomic E-state index is 12.5. The van der Waals surface area contributed by atoms with E-state index in [9.17, 15) is 27.6 Å². The Morgan fingerprint density at radius 3 is 2.33 bits per heavy atom. The van der Waals surface area contributed by atoms with Crippen molar-refractivity contribution in [1.29, 1.82) is 0 Å². The van der Waals surface area contributed by atoms with Gasteiger partial charge in [-0.2, -0.15) is 13.2 Å². The lowest BCUT2D eigenvalue weighted by Gasteiger charge is -2.15. The zero-order chi connectivity index (χ0) is 22.5. The SMILES string of the molecule is Cc1ccc(Cl)cc1NC(=O)C(C)OC(=O)CNC(=O)c1ccc(C(F)(F)F)cc1. The van der Waals surface area contributed by atoms with Crippen LogP contribution in [0.4, 0.5) is 18.9 Å². The minimum atomic E-state index is -4.51. The molecule has 0 aliphatic heterocycles. The molecule has 160 valence electrons. The monoisotopic (exact) mass is 442 g/mol. The van der Waals surface area contributed by atoms with Gasteiger partial charge in [0.25, 0.3) is 11.8 Å². The highest BCUT2D eigenvalue weighted by Gasteiger charge is 2.30. The third-order valence-electron chi connectivity index (χ3n) is 4.00. The summed E-state index contributed by atoms with van der Waals surface area (Å²) >= 11 is 5.88. The van der Waals surface area contributed by atoms with Crippen LogP contribution < -0.4 is 10.6 Å². The standard InChI is InChI=1S/C20H18ClF3N2O4/c1-11-3-8-15(21)9-16(11)26-18(28)12(2)30-17(27)10-25-19(29)13-4-6-14(7-5-13)20(22,23)24/h3-9,12H,10H2,1-2H3,(H,25,29)(H,26,28). The number of hydrogen-bond acceptors (Lipinski definition) is 4. The Kier molecular flexibility index (Phi) is 7.44. The predicted molar refractivity (Wildman–Crippen MR) is 104 cm³/mol. The van der Waals surface area contributed by atoms with Crippen molar-refractivity contribution in [3.05, 3.63) is 64.2 Å². The van der Waals surface area contributed by atoms with Gasteiger partial charge in [0.15, 0.2) is 6.10 Å². The highest BCUT2D eigenvalue weighted by atomic mass is 35.5. The molecule has 0 aliphatic rings. The summed E-state index contributed by atoms with van der Waals surface area (Å²) < 4.78 is 42.6. The average Bonchev–Trinajstić information content (AvgIpc) is 2.68. The maximum Gasteiger partial charge on any atom is 0.416 e. The molecule has 2 aromatic rings. The number of halogens is 4. The van der Waals surface area contributed by atoms with Crippen molar-refractivity contribution in [2.24, 2.45) is 0 Å². The number of rotatable bonds is 6. The summed E-state index contributed by atoms with van der Waals surface area (Å²) in [4.78, 5) is 36.0. The van der Waals surface area contributed by atoms with Crippen molar-refractivity contribution in [2.45, 2.75) is 26.1 Å². The van der Waals surface area contributed by atoms with Crippen molar-refractivity contribution in [3.8, 4) is 0 Å². The van der Waals surface area contributed by atoms with E-state index >= 15 is 0 Å². The molecule has 0 saturated carbocycles. The summed E-state index contributed by atoms with van der Waals surface area (Å²) in [7, 11) is 0. The number of ether oxygens (including phenoxy) is 1. The van der Waals surface area contributed by atoms with Gasteiger partial charge in [0.1, 0.15) is 6.54 Å². The lowest BCUT2D eigenvalue weighted by atomic mass is 10.1. The first-order valence-electron chi connectivity index (χ1n) is 8.69. The van der Waals surface area contributed by atoms with Crippen LogP contribution in [0, 0.1) is 6.92 Å². The first-order valence-corrected chi connectivity index (χ1v) is 9.07. The molecular weight excluding hydrogens is 425 g/mol. The first-order chi connectivity index (χ1) is 14.0. The van der Waals surface area contributed by atoms with Crippen molar-refractivity contribution in [3.63, 3.8) is 0 Å². The molecule has 0 aliphatic carbocycles. The van der Waals surface area contributed by atoms with E-state index in [-0.39, 0.29) is 5.56 Å². The van der Waals surface area contributed by atoms with Crippen LogP contribution in [0.2, 0.25) is 5.02 Å². The number of carbonyl (C=O) groups is 3. The summed E-state index contributed by atoms with van der Waals surface area (Å²) in [6, 6.07) is 8.43. The van der Waals surface area contributed by atoms with E-state index in [4.69, 9.17) is 16.3 Å². The molecule has 0 spiro atoms. The summed E-state index contributed by atoms with van der Waals surface area (Å²) in [5.74, 6) is -2.24. The van der Waals surface area contributed by atoms with Crippen LogP contribution in [0.1, 0.15) is 28.4 Å². The van der Waals surface area contributed by atoms with Gasteiger partial charge in [0.05, 0.1) is 5.56 Å². The van der Waals surface area contributed by atoms with Gasteiger partial charge in [0.2, 0.25) is 0 Å². The Labute approximate surface area is 175 Å². The van der Waals surface area contributed by atoms with E-state index in [0.717, 1.165) is 29.8 Å². The molecule has 0 saturated heterocycles. The molecule has 2 rings (SSSR count). The van der Waals surface area contributed by atoms with E-state index in [2.05, 4.69) is 10.6 Å². The van der Waals surface area contributed by atoms with Crippen LogP contribution >= 0.6 is 11.6 Å². The van der Waals surface area contributed by atoms with Gasteiger partial charge in [-0.25, -0.2) is 0 Å². The number of nitrogens with one attached hydrogen (secondary N) is 2. The van der Waals surface area contributed by atoms with E-state index in [1.165, 1.54) is 6.92 Å². The average molecular weight is 443 g/mol. The van der Waals surface area contributed by atoms with Gasteiger partial charge >= 0.3 is 12.1 Å². The van der Waals surface area contributed by atoms with Gasteiger partial charge in [-0.05, 0) is 55.8 Å². The van der Waals surface area contributed by atoms with Crippen LogP contribution in [0.3, 0.4) is 0 Å². The summed E-state index contributed by atoms with van der Waals surface area (Å²) in [5.41, 5.74) is 0.271. The number of carbonyl (C=O) groups excluding carboxylic acids is 3. The number of benzene rings is 2. The van der Waals surface area contributed by atoms with E-state index in [1.807, 2.05) is 0 Å². The molecule has 2 aromatic carbocycles. The summed E-state index contributed by atoms with van der Waals surface area (Å²) in [6.45, 7) is 2.55. The quantitative estimate of drug-likeness (QED) is 0.663. The highest BCUT2D eigenvalue weighted by molar-refractivity contribution is 6.31. The predicted octanol–water partition coefficient (Wildman–Crippen LogP) is 3.97. The van der Waals surface area contributed by atoms with E-state index < -0.39 is 42.2 Å². The van der Waals surface area contributed by atoms with E-state index in [1.54, 1.807) is 25.1 Å². The minimum Gasteiger partial charge on any atom is -0.451 e. The van der Waals surface area contributed by atoms with Gasteiger partial charge in [0, 0.05) is 16.3 Å². The Hall–Kier alpha value is -3.07. The first kappa shape index (κ1) is 23.2. The van der Waals surface area contributed by atoms with Gasteiger partial charge in [-0.1, -0.05) is 17.7 Å². The third kappa shape index (κ3) is 6.48. The molecule has 0 bridgehead atoms. The molecule has 0 heterocycles. The number of esters is 1. The normalized spacial score (nSPS) is 12.1. The molecule has 2 N–H and O–H groups in total. The fraction of sp³-hybridized carbons (Fsp3) is 0.250. The largest absolute Gasteiger partial charge is 0.451 e. The topological polar surface area (TPSA) is 84.5 Å². The number of anilines is 1. The minimum absolute atomic E-state index is 0.0574. The highest BCUT2D eigenvalue weighted by Crippen LogP contribution is 2.29. The Morgan fingerprint density at radius 2 is 1.73 bits per heavy atom. The second-order valence-electron chi connectivity index (χ2n) is 6.34. The molecule has 0 fully saturated rings. The molecule has 0 aromatic heterocycles. The molecule has 30 heavy (non-hydrogen) atoms. The number of amides is 2. The van der Waals surface area contributed by atoms with Crippen LogP contribution in [-0.4, -0.2) is 30.4 Å². The van der Waals surface area contributed by atoms with Crippen LogP contribution in [0.15, 0.2) is 42.5 Å². The second kappa shape index (κ2) is 9.62.